The molecule has 4 rings (SSSR count). The van der Waals surface area contributed by atoms with Crippen molar-refractivity contribution in [1.82, 2.24) is 9.99 Å². The van der Waals surface area contributed by atoms with Crippen LogP contribution in [0.25, 0.3) is 11.3 Å². The number of hydrogen-bond acceptors (Lipinski definition) is 7. The van der Waals surface area contributed by atoms with E-state index >= 15 is 0 Å². The van der Waals surface area contributed by atoms with Crippen molar-refractivity contribution in [3.8, 4) is 11.3 Å². The Labute approximate surface area is 161 Å². The third-order valence-electron chi connectivity index (χ3n) is 4.57. The smallest absolute Gasteiger partial charge is 0.269 e. The summed E-state index contributed by atoms with van der Waals surface area (Å²) in [6, 6.07) is 15.9. The third-order valence-corrected chi connectivity index (χ3v) is 4.57. The van der Waals surface area contributed by atoms with E-state index in [1.807, 2.05) is 35.3 Å². The van der Waals surface area contributed by atoms with E-state index in [2.05, 4.69) is 15.0 Å². The van der Waals surface area contributed by atoms with Gasteiger partial charge in [-0.25, -0.2) is 4.98 Å². The van der Waals surface area contributed by atoms with Gasteiger partial charge in [-0.3, -0.25) is 15.1 Å². The highest BCUT2D eigenvalue weighted by Gasteiger charge is 2.16. The molecule has 0 saturated carbocycles. The minimum absolute atomic E-state index is 0.0573. The summed E-state index contributed by atoms with van der Waals surface area (Å²) in [5.74, 6) is 2.28. The molecule has 1 aromatic carbocycles. The van der Waals surface area contributed by atoms with Crippen LogP contribution in [0.4, 0.5) is 11.5 Å². The first-order valence-corrected chi connectivity index (χ1v) is 8.98. The molecule has 0 radical (unpaired) electrons. The second-order valence-electron chi connectivity index (χ2n) is 6.38. The van der Waals surface area contributed by atoms with Crippen molar-refractivity contribution in [2.24, 2.45) is 5.10 Å². The molecule has 1 fully saturated rings. The Morgan fingerprint density at radius 1 is 1.04 bits per heavy atom. The second-order valence-corrected chi connectivity index (χ2v) is 6.38. The molecule has 1 aliphatic heterocycles. The van der Waals surface area contributed by atoms with Crippen molar-refractivity contribution in [2.45, 2.75) is 0 Å². The molecule has 0 atom stereocenters. The van der Waals surface area contributed by atoms with Crippen molar-refractivity contribution in [2.75, 3.05) is 31.1 Å². The van der Waals surface area contributed by atoms with Crippen LogP contribution in [-0.2, 0) is 0 Å². The van der Waals surface area contributed by atoms with E-state index in [9.17, 15) is 10.1 Å². The van der Waals surface area contributed by atoms with Crippen LogP contribution in [0.2, 0.25) is 0 Å². The van der Waals surface area contributed by atoms with E-state index in [1.165, 1.54) is 12.1 Å². The van der Waals surface area contributed by atoms with Gasteiger partial charge in [-0.05, 0) is 36.4 Å². The first kappa shape index (κ1) is 17.7. The van der Waals surface area contributed by atoms with E-state index in [4.69, 9.17) is 4.42 Å². The Morgan fingerprint density at radius 2 is 1.82 bits per heavy atom. The number of furan rings is 1. The fraction of sp³-hybridized carbons (Fsp3) is 0.200. The summed E-state index contributed by atoms with van der Waals surface area (Å²) >= 11 is 0. The van der Waals surface area contributed by atoms with Gasteiger partial charge >= 0.3 is 0 Å². The van der Waals surface area contributed by atoms with Gasteiger partial charge in [0.05, 0.1) is 24.2 Å². The maximum Gasteiger partial charge on any atom is 0.269 e. The number of aromatic nitrogens is 1. The number of nitro groups is 1. The molecule has 3 aromatic rings. The van der Waals surface area contributed by atoms with E-state index in [1.54, 1.807) is 24.5 Å². The van der Waals surface area contributed by atoms with Gasteiger partial charge in [0.25, 0.3) is 5.69 Å². The summed E-state index contributed by atoms with van der Waals surface area (Å²) in [5.41, 5.74) is 0.844. The summed E-state index contributed by atoms with van der Waals surface area (Å²) in [4.78, 5) is 16.9. The van der Waals surface area contributed by atoms with Crippen LogP contribution in [0.15, 0.2) is 70.3 Å². The number of benzene rings is 1. The van der Waals surface area contributed by atoms with Crippen LogP contribution in [0.3, 0.4) is 0 Å². The summed E-state index contributed by atoms with van der Waals surface area (Å²) in [5, 5.41) is 17.3. The van der Waals surface area contributed by atoms with Crippen LogP contribution in [0.5, 0.6) is 0 Å². The average Bonchev–Trinajstić information content (AvgIpc) is 3.22. The number of nitro benzene ring substituents is 1. The van der Waals surface area contributed by atoms with Gasteiger partial charge in [0.1, 0.15) is 17.3 Å². The molecule has 8 nitrogen and oxygen atoms in total. The van der Waals surface area contributed by atoms with Gasteiger partial charge in [-0.2, -0.15) is 5.10 Å². The first-order valence-electron chi connectivity index (χ1n) is 8.98. The van der Waals surface area contributed by atoms with E-state index < -0.39 is 4.92 Å². The monoisotopic (exact) mass is 377 g/mol. The summed E-state index contributed by atoms with van der Waals surface area (Å²) < 4.78 is 5.79. The number of rotatable bonds is 5. The number of pyridine rings is 1. The quantitative estimate of drug-likeness (QED) is 0.385. The Morgan fingerprint density at radius 3 is 2.50 bits per heavy atom. The first-order chi connectivity index (χ1) is 13.7. The molecule has 0 aliphatic carbocycles. The number of piperazine rings is 1. The molecule has 3 heterocycles. The summed E-state index contributed by atoms with van der Waals surface area (Å²) in [7, 11) is 0. The number of anilines is 1. The second kappa shape index (κ2) is 7.91. The molecule has 8 heteroatoms. The Kier molecular flexibility index (Phi) is 5.01. The maximum absolute atomic E-state index is 10.7. The van der Waals surface area contributed by atoms with Crippen molar-refractivity contribution >= 4 is 17.7 Å². The molecule has 0 bridgehead atoms. The molecule has 1 saturated heterocycles. The van der Waals surface area contributed by atoms with E-state index in [-0.39, 0.29) is 5.69 Å². The van der Waals surface area contributed by atoms with Crippen LogP contribution in [0.1, 0.15) is 5.76 Å². The van der Waals surface area contributed by atoms with Crippen molar-refractivity contribution < 1.29 is 9.34 Å². The number of hydrazone groups is 1. The molecular weight excluding hydrogens is 358 g/mol. The fourth-order valence-corrected chi connectivity index (χ4v) is 3.04. The number of hydrogen-bond donors (Lipinski definition) is 0. The van der Waals surface area contributed by atoms with Gasteiger partial charge in [0.2, 0.25) is 0 Å². The van der Waals surface area contributed by atoms with Crippen molar-refractivity contribution in [3.05, 3.63) is 76.7 Å². The number of nitrogens with zero attached hydrogens (tertiary/aromatic N) is 5. The highest BCUT2D eigenvalue weighted by molar-refractivity contribution is 5.77. The molecule has 142 valence electrons. The molecule has 0 amide bonds. The highest BCUT2D eigenvalue weighted by atomic mass is 16.6. The largest absolute Gasteiger partial charge is 0.455 e. The molecule has 0 N–H and O–H groups in total. The zero-order chi connectivity index (χ0) is 19.3. The Balaban J connectivity index is 1.35. The fourth-order valence-electron chi connectivity index (χ4n) is 3.04. The lowest BCUT2D eigenvalue weighted by molar-refractivity contribution is -0.384. The van der Waals surface area contributed by atoms with Gasteiger partial charge in [-0.1, -0.05) is 6.07 Å². The van der Waals surface area contributed by atoms with Crippen LogP contribution >= 0.6 is 0 Å². The summed E-state index contributed by atoms with van der Waals surface area (Å²) in [6.07, 6.45) is 3.50. The van der Waals surface area contributed by atoms with Gasteiger partial charge in [-0.15, -0.1) is 0 Å². The zero-order valence-electron chi connectivity index (χ0n) is 15.1. The van der Waals surface area contributed by atoms with Crippen molar-refractivity contribution in [3.63, 3.8) is 0 Å². The van der Waals surface area contributed by atoms with Crippen LogP contribution < -0.4 is 4.90 Å². The molecule has 1 aliphatic rings. The maximum atomic E-state index is 10.7. The Hall–Kier alpha value is -3.68. The van der Waals surface area contributed by atoms with Gasteiger partial charge in [0.15, 0.2) is 0 Å². The lowest BCUT2D eigenvalue weighted by Gasteiger charge is -2.33. The van der Waals surface area contributed by atoms with E-state index in [0.717, 1.165) is 37.6 Å². The number of non-ortho nitro benzene ring substituents is 1. The SMILES string of the molecule is O=[N+]([O-])c1ccc(-c2ccc(/C=N/N3CCN(c4ccccn4)CC3)o2)cc1. The average molecular weight is 377 g/mol. The van der Waals surface area contributed by atoms with Gasteiger partial charge < -0.3 is 9.32 Å². The minimum atomic E-state index is -0.419. The standard InChI is InChI=1S/C20H19N5O3/c26-25(27)17-6-4-16(5-7-17)19-9-8-18(28-19)15-22-24-13-11-23(12-14-24)20-3-1-2-10-21-20/h1-10,15H,11-14H2/b22-15+. The predicted molar refractivity (Wildman–Crippen MR) is 106 cm³/mol. The third kappa shape index (κ3) is 4.01. The molecular formula is C20H19N5O3. The van der Waals surface area contributed by atoms with Crippen LogP contribution in [0, 0.1) is 10.1 Å². The topological polar surface area (TPSA) is 88.0 Å². The van der Waals surface area contributed by atoms with Crippen molar-refractivity contribution in [1.29, 1.82) is 0 Å². The van der Waals surface area contributed by atoms with Crippen LogP contribution in [-0.4, -0.2) is 47.3 Å². The molecule has 2 aromatic heterocycles. The lowest BCUT2D eigenvalue weighted by atomic mass is 10.1. The molecule has 28 heavy (non-hydrogen) atoms. The molecule has 0 unspecified atom stereocenters. The highest BCUT2D eigenvalue weighted by Crippen LogP contribution is 2.24. The minimum Gasteiger partial charge on any atom is -0.455 e. The lowest BCUT2D eigenvalue weighted by Crippen LogP contribution is -2.44. The summed E-state index contributed by atoms with van der Waals surface area (Å²) in [6.45, 7) is 3.34. The normalized spacial score (nSPS) is 14.6. The van der Waals surface area contributed by atoms with E-state index in [0.29, 0.717) is 11.5 Å². The van der Waals surface area contributed by atoms with Gasteiger partial charge in [0, 0.05) is 37.0 Å². The zero-order valence-corrected chi connectivity index (χ0v) is 15.1. The Bertz CT molecular complexity index is 961. The molecule has 0 spiro atoms. The predicted octanol–water partition coefficient (Wildman–Crippen LogP) is 3.41.